The van der Waals surface area contributed by atoms with Crippen LogP contribution >= 0.6 is 0 Å². The van der Waals surface area contributed by atoms with Gasteiger partial charge in [-0.3, -0.25) is 14.5 Å². The fourth-order valence-corrected chi connectivity index (χ4v) is 8.67. The lowest BCUT2D eigenvalue weighted by atomic mass is 9.94. The Balaban J connectivity index is 2.34. The Morgan fingerprint density at radius 1 is 0.433 bits per heavy atom. The Morgan fingerprint density at radius 2 is 0.750 bits per heavy atom. The summed E-state index contributed by atoms with van der Waals surface area (Å²) in [6.45, 7) is 14.5. The van der Waals surface area contributed by atoms with Gasteiger partial charge in [-0.25, -0.2) is 0 Å². The van der Waals surface area contributed by atoms with Crippen LogP contribution in [0.1, 0.15) is 246 Å². The van der Waals surface area contributed by atoms with E-state index in [1.807, 2.05) is 0 Å². The molecule has 1 saturated heterocycles. The summed E-state index contributed by atoms with van der Waals surface area (Å²) in [5, 5.41) is 9.29. The lowest BCUT2D eigenvalue weighted by molar-refractivity contribution is -0.150. The van der Waals surface area contributed by atoms with Crippen molar-refractivity contribution in [3.63, 3.8) is 0 Å². The van der Waals surface area contributed by atoms with Crippen LogP contribution in [0.3, 0.4) is 0 Å². The standard InChI is InChI=1S/C52H101NO7/c1-5-9-13-17-19-27-37-47(35-25-15-11-7-3)51(55)59-43-33-23-21-31-41-57-49-45-53(39-29-30-40-54)46-50(49)58-42-32-22-24-34-44-60-52(56)48(36-26-16-12-8-4)38-28-20-18-14-10-6-2/h47-50,54H,5-46H2,1-4H3/t47?,48?,49-,50+. The first-order chi connectivity index (χ1) is 29.5. The molecule has 0 bridgehead atoms. The molecule has 4 atom stereocenters. The molecule has 8 heteroatoms. The molecule has 1 aliphatic heterocycles. The molecule has 60 heavy (non-hydrogen) atoms. The monoisotopic (exact) mass is 852 g/mol. The molecule has 8 nitrogen and oxygen atoms in total. The van der Waals surface area contributed by atoms with Crippen LogP contribution in [0, 0.1) is 11.8 Å². The van der Waals surface area contributed by atoms with E-state index in [0.29, 0.717) is 13.2 Å². The number of likely N-dealkylation sites (tertiary alicyclic amines) is 1. The third-order valence-corrected chi connectivity index (χ3v) is 12.7. The maximum atomic E-state index is 13.0. The maximum absolute atomic E-state index is 13.0. The molecule has 0 aromatic heterocycles. The number of esters is 2. The molecule has 0 aliphatic carbocycles. The van der Waals surface area contributed by atoms with E-state index in [1.54, 1.807) is 0 Å². The Hall–Kier alpha value is -1.22. The number of aliphatic hydroxyl groups is 1. The van der Waals surface area contributed by atoms with Crippen molar-refractivity contribution >= 4 is 11.9 Å². The van der Waals surface area contributed by atoms with E-state index in [1.165, 1.54) is 103 Å². The number of nitrogens with zero attached hydrogens (tertiary/aromatic N) is 1. The zero-order valence-corrected chi connectivity index (χ0v) is 40.4. The first-order valence-corrected chi connectivity index (χ1v) is 26.4. The molecular weight excluding hydrogens is 751 g/mol. The number of aliphatic hydroxyl groups excluding tert-OH is 1. The maximum Gasteiger partial charge on any atom is 0.308 e. The second kappa shape index (κ2) is 43.1. The van der Waals surface area contributed by atoms with E-state index < -0.39 is 0 Å². The van der Waals surface area contributed by atoms with Crippen LogP contribution in [0.15, 0.2) is 0 Å². The van der Waals surface area contributed by atoms with Crippen molar-refractivity contribution in [3.8, 4) is 0 Å². The third kappa shape index (κ3) is 32.5. The van der Waals surface area contributed by atoms with E-state index in [-0.39, 0.29) is 42.6 Å². The summed E-state index contributed by atoms with van der Waals surface area (Å²) in [4.78, 5) is 28.4. The van der Waals surface area contributed by atoms with Crippen molar-refractivity contribution in [1.82, 2.24) is 4.90 Å². The van der Waals surface area contributed by atoms with Gasteiger partial charge in [0.2, 0.25) is 0 Å². The summed E-state index contributed by atoms with van der Waals surface area (Å²) in [5.74, 6) is 0.223. The molecule has 1 aliphatic rings. The molecule has 1 fully saturated rings. The van der Waals surface area contributed by atoms with E-state index in [0.717, 1.165) is 148 Å². The van der Waals surface area contributed by atoms with Crippen molar-refractivity contribution in [3.05, 3.63) is 0 Å². The molecule has 1 rings (SSSR count). The van der Waals surface area contributed by atoms with Crippen LogP contribution in [0.2, 0.25) is 0 Å². The number of unbranched alkanes of at least 4 members (excludes halogenated alkanes) is 23. The average Bonchev–Trinajstić information content (AvgIpc) is 3.64. The minimum absolute atomic E-state index is 0.0375. The molecule has 0 spiro atoms. The van der Waals surface area contributed by atoms with Gasteiger partial charge in [0, 0.05) is 32.9 Å². The highest BCUT2D eigenvalue weighted by Crippen LogP contribution is 2.23. The van der Waals surface area contributed by atoms with Gasteiger partial charge < -0.3 is 24.1 Å². The summed E-state index contributed by atoms with van der Waals surface area (Å²) in [7, 11) is 0. The van der Waals surface area contributed by atoms with Crippen molar-refractivity contribution < 1.29 is 33.6 Å². The Labute approximate surface area is 372 Å². The van der Waals surface area contributed by atoms with Gasteiger partial charge in [-0.1, -0.05) is 169 Å². The predicted molar refractivity (Wildman–Crippen MR) is 252 cm³/mol. The molecule has 0 amide bonds. The largest absolute Gasteiger partial charge is 0.465 e. The minimum Gasteiger partial charge on any atom is -0.465 e. The lowest BCUT2D eigenvalue weighted by Crippen LogP contribution is -2.30. The number of carbonyl (C=O) groups excluding carboxylic acids is 2. The molecule has 0 aromatic rings. The SMILES string of the molecule is CCCCCCCCC(CCCCCC)C(=O)OCCCCCCO[C@H]1CN(CCCCO)C[C@H]1OCCCCCCOC(=O)C(CCCCCC)CCCCCCCC. The molecule has 0 aromatic carbocycles. The number of rotatable bonds is 46. The number of carbonyl (C=O) groups is 2. The zero-order valence-electron chi connectivity index (χ0n) is 40.4. The molecule has 2 unspecified atom stereocenters. The highest BCUT2D eigenvalue weighted by Gasteiger charge is 2.34. The summed E-state index contributed by atoms with van der Waals surface area (Å²) in [5.41, 5.74) is 0. The average molecular weight is 852 g/mol. The first kappa shape index (κ1) is 56.8. The van der Waals surface area contributed by atoms with Crippen LogP contribution in [-0.2, 0) is 28.5 Å². The first-order valence-electron chi connectivity index (χ1n) is 26.4. The van der Waals surface area contributed by atoms with Gasteiger partial charge in [0.1, 0.15) is 0 Å². The van der Waals surface area contributed by atoms with Crippen molar-refractivity contribution in [2.24, 2.45) is 11.8 Å². The highest BCUT2D eigenvalue weighted by atomic mass is 16.5. The minimum atomic E-state index is 0.0375. The van der Waals surface area contributed by atoms with E-state index in [9.17, 15) is 14.7 Å². The number of hydrogen-bond acceptors (Lipinski definition) is 8. The van der Waals surface area contributed by atoms with Gasteiger partial charge in [0.25, 0.3) is 0 Å². The van der Waals surface area contributed by atoms with E-state index in [2.05, 4.69) is 32.6 Å². The fraction of sp³-hybridized carbons (Fsp3) is 0.962. The Morgan fingerprint density at radius 3 is 1.12 bits per heavy atom. The van der Waals surface area contributed by atoms with Crippen molar-refractivity contribution in [1.29, 1.82) is 0 Å². The van der Waals surface area contributed by atoms with Gasteiger partial charge in [-0.2, -0.15) is 0 Å². The van der Waals surface area contributed by atoms with Gasteiger partial charge in [-0.15, -0.1) is 0 Å². The fourth-order valence-electron chi connectivity index (χ4n) is 8.67. The second-order valence-electron chi connectivity index (χ2n) is 18.4. The van der Waals surface area contributed by atoms with Crippen LogP contribution in [-0.4, -0.2) is 86.8 Å². The van der Waals surface area contributed by atoms with Gasteiger partial charge in [0.15, 0.2) is 0 Å². The van der Waals surface area contributed by atoms with E-state index in [4.69, 9.17) is 18.9 Å². The van der Waals surface area contributed by atoms with Crippen LogP contribution in [0.5, 0.6) is 0 Å². The number of ether oxygens (including phenoxy) is 4. The molecule has 0 saturated carbocycles. The van der Waals surface area contributed by atoms with Crippen molar-refractivity contribution in [2.75, 3.05) is 52.7 Å². The quantitative estimate of drug-likeness (QED) is 0.0478. The van der Waals surface area contributed by atoms with Gasteiger partial charge in [-0.05, 0) is 83.6 Å². The molecule has 1 N–H and O–H groups in total. The zero-order chi connectivity index (χ0) is 43.6. The van der Waals surface area contributed by atoms with Crippen LogP contribution in [0.25, 0.3) is 0 Å². The Kier molecular flexibility index (Phi) is 40.8. The molecule has 1 heterocycles. The summed E-state index contributed by atoms with van der Waals surface area (Å²) in [6, 6.07) is 0. The smallest absolute Gasteiger partial charge is 0.308 e. The number of hydrogen-bond donors (Lipinski definition) is 1. The van der Waals surface area contributed by atoms with Gasteiger partial charge in [0.05, 0.1) is 37.3 Å². The van der Waals surface area contributed by atoms with E-state index >= 15 is 0 Å². The molecule has 356 valence electrons. The normalized spacial score (nSPS) is 16.7. The summed E-state index contributed by atoms with van der Waals surface area (Å²) < 4.78 is 24.5. The van der Waals surface area contributed by atoms with Crippen LogP contribution < -0.4 is 0 Å². The lowest BCUT2D eigenvalue weighted by Gasteiger charge is -2.20. The molecule has 0 radical (unpaired) electrons. The summed E-state index contributed by atoms with van der Waals surface area (Å²) in [6.07, 6.45) is 38.7. The third-order valence-electron chi connectivity index (χ3n) is 12.7. The predicted octanol–water partition coefficient (Wildman–Crippen LogP) is 13.7. The molecular formula is C52H101NO7. The second-order valence-corrected chi connectivity index (χ2v) is 18.4. The van der Waals surface area contributed by atoms with Crippen molar-refractivity contribution in [2.45, 2.75) is 258 Å². The van der Waals surface area contributed by atoms with Crippen LogP contribution in [0.4, 0.5) is 0 Å². The topological polar surface area (TPSA) is 94.5 Å². The Bertz CT molecular complexity index is 866. The summed E-state index contributed by atoms with van der Waals surface area (Å²) >= 11 is 0. The highest BCUT2D eigenvalue weighted by molar-refractivity contribution is 5.72. The van der Waals surface area contributed by atoms with Gasteiger partial charge >= 0.3 is 11.9 Å².